The fourth-order valence-corrected chi connectivity index (χ4v) is 2.15. The van der Waals surface area contributed by atoms with E-state index in [1.807, 2.05) is 0 Å². The summed E-state index contributed by atoms with van der Waals surface area (Å²) < 4.78 is 1.78. The Morgan fingerprint density at radius 3 is 3.00 bits per heavy atom. The van der Waals surface area contributed by atoms with Gasteiger partial charge in [-0.3, -0.25) is 14.4 Å². The van der Waals surface area contributed by atoms with Crippen molar-refractivity contribution in [2.45, 2.75) is 25.4 Å². The number of anilines is 1. The van der Waals surface area contributed by atoms with E-state index in [1.165, 1.54) is 0 Å². The highest BCUT2D eigenvalue weighted by Crippen LogP contribution is 2.16. The first kappa shape index (κ1) is 10.9. The molecule has 1 amide bonds. The molecule has 16 heavy (non-hydrogen) atoms. The van der Waals surface area contributed by atoms with E-state index in [-0.39, 0.29) is 11.9 Å². The average Bonchev–Trinajstić information content (AvgIpc) is 2.83. The van der Waals surface area contributed by atoms with E-state index in [4.69, 9.17) is 11.5 Å². The molecule has 4 N–H and O–H groups in total. The largest absolute Gasteiger partial charge is 0.396 e. The van der Waals surface area contributed by atoms with Gasteiger partial charge >= 0.3 is 0 Å². The van der Waals surface area contributed by atoms with Crippen LogP contribution in [0.3, 0.4) is 0 Å². The van der Waals surface area contributed by atoms with Crippen LogP contribution >= 0.6 is 0 Å². The normalized spacial score (nSPS) is 21.4. The van der Waals surface area contributed by atoms with Crippen LogP contribution in [0.1, 0.15) is 12.8 Å². The van der Waals surface area contributed by atoms with Crippen LogP contribution in [0.5, 0.6) is 0 Å². The van der Waals surface area contributed by atoms with Crippen LogP contribution in [0.25, 0.3) is 0 Å². The van der Waals surface area contributed by atoms with Gasteiger partial charge in [0.15, 0.2) is 0 Å². The molecule has 1 aromatic rings. The van der Waals surface area contributed by atoms with Crippen LogP contribution in [0.2, 0.25) is 0 Å². The summed E-state index contributed by atoms with van der Waals surface area (Å²) >= 11 is 0. The summed E-state index contributed by atoms with van der Waals surface area (Å²) in [7, 11) is 0. The van der Waals surface area contributed by atoms with Crippen LogP contribution in [-0.2, 0) is 11.3 Å². The predicted octanol–water partition coefficient (Wildman–Crippen LogP) is -0.585. The maximum atomic E-state index is 11.2. The summed E-state index contributed by atoms with van der Waals surface area (Å²) in [6.45, 7) is 2.46. The number of nitrogens with two attached hydrogens (primary N) is 2. The van der Waals surface area contributed by atoms with Crippen molar-refractivity contribution in [2.24, 2.45) is 5.73 Å². The Kier molecular flexibility index (Phi) is 3.09. The monoisotopic (exact) mass is 223 g/mol. The van der Waals surface area contributed by atoms with Gasteiger partial charge < -0.3 is 11.5 Å². The molecule has 1 atom stereocenters. The lowest BCUT2D eigenvalue weighted by atomic mass is 10.2. The van der Waals surface area contributed by atoms with Crippen LogP contribution in [0.15, 0.2) is 12.4 Å². The molecular formula is C10H17N5O. The Bertz CT molecular complexity index is 375. The van der Waals surface area contributed by atoms with Gasteiger partial charge in [0.2, 0.25) is 5.91 Å². The molecule has 1 aliphatic rings. The summed E-state index contributed by atoms with van der Waals surface area (Å²) in [5.41, 5.74) is 11.6. The highest BCUT2D eigenvalue weighted by atomic mass is 16.1. The zero-order valence-electron chi connectivity index (χ0n) is 9.17. The van der Waals surface area contributed by atoms with Crippen molar-refractivity contribution in [1.29, 1.82) is 0 Å². The summed E-state index contributed by atoms with van der Waals surface area (Å²) in [6, 6.07) is -0.104. The Morgan fingerprint density at radius 1 is 1.56 bits per heavy atom. The summed E-state index contributed by atoms with van der Waals surface area (Å²) in [4.78, 5) is 13.3. The number of aromatic nitrogens is 2. The van der Waals surface area contributed by atoms with E-state index in [9.17, 15) is 4.79 Å². The number of carbonyl (C=O) groups is 1. The molecule has 1 aliphatic heterocycles. The summed E-state index contributed by atoms with van der Waals surface area (Å²) in [5, 5.41) is 4.10. The number of amides is 1. The predicted molar refractivity (Wildman–Crippen MR) is 60.4 cm³/mol. The van der Waals surface area contributed by atoms with Gasteiger partial charge in [0.25, 0.3) is 0 Å². The number of hydrogen-bond acceptors (Lipinski definition) is 4. The first-order chi connectivity index (χ1) is 7.66. The molecule has 1 saturated heterocycles. The van der Waals surface area contributed by atoms with E-state index in [1.54, 1.807) is 17.1 Å². The second-order valence-electron chi connectivity index (χ2n) is 4.13. The Morgan fingerprint density at radius 2 is 2.38 bits per heavy atom. The van der Waals surface area contributed by atoms with E-state index < -0.39 is 0 Å². The quantitative estimate of drug-likeness (QED) is 0.714. The van der Waals surface area contributed by atoms with Gasteiger partial charge in [-0.15, -0.1) is 0 Å². The van der Waals surface area contributed by atoms with E-state index in [0.717, 1.165) is 32.5 Å². The Hall–Kier alpha value is -1.56. The van der Waals surface area contributed by atoms with Gasteiger partial charge in [-0.2, -0.15) is 5.10 Å². The molecule has 2 heterocycles. The van der Waals surface area contributed by atoms with Crippen molar-refractivity contribution in [1.82, 2.24) is 14.7 Å². The number of nitrogen functional groups attached to an aromatic ring is 1. The molecule has 1 unspecified atom stereocenters. The molecule has 0 spiro atoms. The van der Waals surface area contributed by atoms with Crippen LogP contribution in [0, 0.1) is 0 Å². The lowest BCUT2D eigenvalue weighted by molar-refractivity contribution is -0.122. The molecule has 1 fully saturated rings. The van der Waals surface area contributed by atoms with Gasteiger partial charge in [0.05, 0.1) is 24.5 Å². The van der Waals surface area contributed by atoms with Gasteiger partial charge in [-0.1, -0.05) is 0 Å². The van der Waals surface area contributed by atoms with Gasteiger partial charge in [-0.05, 0) is 19.4 Å². The number of nitrogens with zero attached hydrogens (tertiary/aromatic N) is 3. The highest BCUT2D eigenvalue weighted by molar-refractivity contribution is 5.80. The number of carbonyl (C=O) groups excluding carboxylic acids is 1. The number of likely N-dealkylation sites (tertiary alicyclic amines) is 1. The van der Waals surface area contributed by atoms with Crippen LogP contribution in [-0.4, -0.2) is 39.7 Å². The first-order valence-electron chi connectivity index (χ1n) is 5.48. The second kappa shape index (κ2) is 4.52. The van der Waals surface area contributed by atoms with E-state index in [0.29, 0.717) is 5.69 Å². The molecule has 6 heteroatoms. The lowest BCUT2D eigenvalue weighted by Gasteiger charge is -2.21. The van der Waals surface area contributed by atoms with Crippen LogP contribution < -0.4 is 11.5 Å². The summed E-state index contributed by atoms with van der Waals surface area (Å²) in [6.07, 6.45) is 5.32. The van der Waals surface area contributed by atoms with Crippen molar-refractivity contribution >= 4 is 11.6 Å². The van der Waals surface area contributed by atoms with Crippen molar-refractivity contribution in [3.8, 4) is 0 Å². The zero-order chi connectivity index (χ0) is 11.5. The maximum absolute atomic E-state index is 11.2. The van der Waals surface area contributed by atoms with Crippen molar-refractivity contribution in [3.63, 3.8) is 0 Å². The molecular weight excluding hydrogens is 206 g/mol. The van der Waals surface area contributed by atoms with E-state index >= 15 is 0 Å². The third-order valence-corrected chi connectivity index (χ3v) is 2.96. The highest BCUT2D eigenvalue weighted by Gasteiger charge is 2.28. The SMILES string of the molecule is NC(=O)C1CCCN1CCn1cc(N)cn1. The molecule has 0 saturated carbocycles. The third-order valence-electron chi connectivity index (χ3n) is 2.96. The smallest absolute Gasteiger partial charge is 0.234 e. The fourth-order valence-electron chi connectivity index (χ4n) is 2.15. The van der Waals surface area contributed by atoms with Gasteiger partial charge in [-0.25, -0.2) is 0 Å². The fraction of sp³-hybridized carbons (Fsp3) is 0.600. The summed E-state index contributed by atoms with van der Waals surface area (Å²) in [5.74, 6) is -0.225. The molecule has 0 aliphatic carbocycles. The number of primary amides is 1. The number of hydrogen-bond donors (Lipinski definition) is 2. The van der Waals surface area contributed by atoms with Gasteiger partial charge in [0.1, 0.15) is 0 Å². The minimum atomic E-state index is -0.225. The molecule has 0 radical (unpaired) electrons. The molecule has 0 bridgehead atoms. The van der Waals surface area contributed by atoms with E-state index in [2.05, 4.69) is 10.00 Å². The third kappa shape index (κ3) is 2.33. The standard InChI is InChI=1S/C10H17N5O/c11-8-6-13-15(7-8)5-4-14-3-1-2-9(14)10(12)16/h6-7,9H,1-5,11H2,(H2,12,16). The first-order valence-corrected chi connectivity index (χ1v) is 5.48. The molecule has 1 aromatic heterocycles. The lowest BCUT2D eigenvalue weighted by Crippen LogP contribution is -2.41. The Balaban J connectivity index is 1.87. The second-order valence-corrected chi connectivity index (χ2v) is 4.13. The minimum absolute atomic E-state index is 0.104. The molecule has 2 rings (SSSR count). The average molecular weight is 223 g/mol. The van der Waals surface area contributed by atoms with Crippen molar-refractivity contribution in [2.75, 3.05) is 18.8 Å². The number of rotatable bonds is 4. The molecule has 6 nitrogen and oxygen atoms in total. The van der Waals surface area contributed by atoms with Crippen LogP contribution in [0.4, 0.5) is 5.69 Å². The van der Waals surface area contributed by atoms with Crippen molar-refractivity contribution in [3.05, 3.63) is 12.4 Å². The van der Waals surface area contributed by atoms with Gasteiger partial charge in [0, 0.05) is 12.7 Å². The topological polar surface area (TPSA) is 90.2 Å². The Labute approximate surface area is 94.2 Å². The van der Waals surface area contributed by atoms with Crippen molar-refractivity contribution < 1.29 is 4.79 Å². The maximum Gasteiger partial charge on any atom is 0.234 e. The minimum Gasteiger partial charge on any atom is -0.396 e. The zero-order valence-corrected chi connectivity index (χ0v) is 9.17. The molecule has 0 aromatic carbocycles. The molecule has 88 valence electrons.